The van der Waals surface area contributed by atoms with E-state index in [9.17, 15) is 0 Å². The average molecular weight is 275 g/mol. The number of hydrogen-bond donors (Lipinski definition) is 1. The van der Waals surface area contributed by atoms with Crippen LogP contribution in [0, 0.1) is 5.92 Å². The van der Waals surface area contributed by atoms with Gasteiger partial charge in [-0.05, 0) is 24.5 Å². The van der Waals surface area contributed by atoms with Crippen LogP contribution in [0.1, 0.15) is 26.2 Å². The molecule has 0 spiro atoms. The van der Waals surface area contributed by atoms with Gasteiger partial charge in [0, 0.05) is 18.0 Å². The van der Waals surface area contributed by atoms with Crippen molar-refractivity contribution in [3.63, 3.8) is 0 Å². The monoisotopic (exact) mass is 275 g/mol. The summed E-state index contributed by atoms with van der Waals surface area (Å²) in [7, 11) is 1.63. The van der Waals surface area contributed by atoms with E-state index in [0.29, 0.717) is 24.1 Å². The fourth-order valence-corrected chi connectivity index (χ4v) is 2.13. The minimum Gasteiger partial charge on any atom is -0.497 e. The second-order valence-electron chi connectivity index (χ2n) is 5.34. The topological polar surface area (TPSA) is 74.2 Å². The Balaban J connectivity index is 2.08. The second kappa shape index (κ2) is 6.52. The number of ether oxygens (including phenoxy) is 1. The average Bonchev–Trinajstić information content (AvgIpc) is 2.86. The third kappa shape index (κ3) is 3.81. The molecule has 0 bridgehead atoms. The zero-order valence-electron chi connectivity index (χ0n) is 12.2. The lowest BCUT2D eigenvalue weighted by atomic mass is 10.0. The van der Waals surface area contributed by atoms with Crippen LogP contribution < -0.4 is 10.5 Å². The number of methoxy groups -OCH3 is 1. The van der Waals surface area contributed by atoms with Crippen molar-refractivity contribution in [2.45, 2.75) is 32.7 Å². The van der Waals surface area contributed by atoms with Crippen LogP contribution in [-0.4, -0.2) is 23.3 Å². The van der Waals surface area contributed by atoms with Crippen LogP contribution in [-0.2, 0) is 6.42 Å². The first-order valence-corrected chi connectivity index (χ1v) is 6.81. The summed E-state index contributed by atoms with van der Waals surface area (Å²) >= 11 is 0. The number of nitrogens with zero attached hydrogens (tertiary/aromatic N) is 2. The van der Waals surface area contributed by atoms with Crippen molar-refractivity contribution in [1.82, 2.24) is 10.1 Å². The van der Waals surface area contributed by atoms with Gasteiger partial charge in [-0.3, -0.25) is 0 Å². The minimum absolute atomic E-state index is 0.0496. The fourth-order valence-electron chi connectivity index (χ4n) is 2.13. The summed E-state index contributed by atoms with van der Waals surface area (Å²) in [6.45, 7) is 4.30. The molecule has 1 aromatic heterocycles. The molecule has 5 nitrogen and oxygen atoms in total. The highest BCUT2D eigenvalue weighted by molar-refractivity contribution is 5.56. The van der Waals surface area contributed by atoms with E-state index in [1.807, 2.05) is 24.3 Å². The SMILES string of the molecule is COc1cccc(-c2noc(CC(N)CC(C)C)n2)c1. The highest BCUT2D eigenvalue weighted by atomic mass is 16.5. The second-order valence-corrected chi connectivity index (χ2v) is 5.34. The van der Waals surface area contributed by atoms with Crippen molar-refractivity contribution < 1.29 is 9.26 Å². The highest BCUT2D eigenvalue weighted by Gasteiger charge is 2.13. The Morgan fingerprint density at radius 1 is 1.35 bits per heavy atom. The molecule has 0 amide bonds. The van der Waals surface area contributed by atoms with Gasteiger partial charge in [-0.2, -0.15) is 4.98 Å². The maximum Gasteiger partial charge on any atom is 0.228 e. The van der Waals surface area contributed by atoms with E-state index in [4.69, 9.17) is 15.0 Å². The molecule has 0 saturated heterocycles. The van der Waals surface area contributed by atoms with Crippen molar-refractivity contribution in [3.05, 3.63) is 30.2 Å². The lowest BCUT2D eigenvalue weighted by Gasteiger charge is -2.10. The first-order valence-electron chi connectivity index (χ1n) is 6.81. The van der Waals surface area contributed by atoms with Gasteiger partial charge in [-0.15, -0.1) is 0 Å². The maximum atomic E-state index is 6.05. The highest BCUT2D eigenvalue weighted by Crippen LogP contribution is 2.21. The van der Waals surface area contributed by atoms with E-state index >= 15 is 0 Å². The zero-order chi connectivity index (χ0) is 14.5. The molecule has 1 atom stereocenters. The van der Waals surface area contributed by atoms with E-state index in [-0.39, 0.29) is 6.04 Å². The molecule has 1 heterocycles. The van der Waals surface area contributed by atoms with Gasteiger partial charge in [0.05, 0.1) is 7.11 Å². The molecule has 0 aliphatic rings. The molecule has 0 aliphatic heterocycles. The molecule has 1 aromatic carbocycles. The number of rotatable bonds is 6. The van der Waals surface area contributed by atoms with Gasteiger partial charge < -0.3 is 15.0 Å². The summed E-state index contributed by atoms with van der Waals surface area (Å²) in [6.07, 6.45) is 1.55. The van der Waals surface area contributed by atoms with Crippen LogP contribution in [0.15, 0.2) is 28.8 Å². The summed E-state index contributed by atoms with van der Waals surface area (Å²) in [5, 5.41) is 4.00. The van der Waals surface area contributed by atoms with Gasteiger partial charge in [0.2, 0.25) is 11.7 Å². The van der Waals surface area contributed by atoms with Crippen LogP contribution in [0.25, 0.3) is 11.4 Å². The lowest BCUT2D eigenvalue weighted by Crippen LogP contribution is -2.24. The molecular formula is C15H21N3O2. The van der Waals surface area contributed by atoms with Gasteiger partial charge in [-0.25, -0.2) is 0 Å². The molecular weight excluding hydrogens is 254 g/mol. The molecule has 2 N–H and O–H groups in total. The lowest BCUT2D eigenvalue weighted by molar-refractivity contribution is 0.359. The molecule has 2 aromatic rings. The van der Waals surface area contributed by atoms with Crippen LogP contribution in [0.3, 0.4) is 0 Å². The molecule has 0 aliphatic carbocycles. The Morgan fingerprint density at radius 2 is 2.15 bits per heavy atom. The van der Waals surface area contributed by atoms with E-state index in [0.717, 1.165) is 17.7 Å². The number of hydrogen-bond acceptors (Lipinski definition) is 5. The van der Waals surface area contributed by atoms with E-state index in [2.05, 4.69) is 24.0 Å². The van der Waals surface area contributed by atoms with Gasteiger partial charge in [0.15, 0.2) is 0 Å². The predicted molar refractivity (Wildman–Crippen MR) is 77.4 cm³/mol. The molecule has 20 heavy (non-hydrogen) atoms. The van der Waals surface area contributed by atoms with Gasteiger partial charge >= 0.3 is 0 Å². The van der Waals surface area contributed by atoms with Crippen LogP contribution >= 0.6 is 0 Å². The fraction of sp³-hybridized carbons (Fsp3) is 0.467. The third-order valence-corrected chi connectivity index (χ3v) is 3.01. The summed E-state index contributed by atoms with van der Waals surface area (Å²) in [4.78, 5) is 4.39. The van der Waals surface area contributed by atoms with Gasteiger partial charge in [0.1, 0.15) is 5.75 Å². The Morgan fingerprint density at radius 3 is 2.85 bits per heavy atom. The van der Waals surface area contributed by atoms with Gasteiger partial charge in [-0.1, -0.05) is 31.1 Å². The van der Waals surface area contributed by atoms with Crippen molar-refractivity contribution in [1.29, 1.82) is 0 Å². The summed E-state index contributed by atoms with van der Waals surface area (Å²) in [6, 6.07) is 7.62. The van der Waals surface area contributed by atoms with E-state index < -0.39 is 0 Å². The van der Waals surface area contributed by atoms with Crippen LogP contribution in [0.4, 0.5) is 0 Å². The molecule has 0 fully saturated rings. The van der Waals surface area contributed by atoms with E-state index in [1.165, 1.54) is 0 Å². The van der Waals surface area contributed by atoms with Crippen molar-refractivity contribution in [2.75, 3.05) is 7.11 Å². The normalized spacial score (nSPS) is 12.7. The van der Waals surface area contributed by atoms with Crippen molar-refractivity contribution in [3.8, 4) is 17.1 Å². The molecule has 0 saturated carbocycles. The standard InChI is InChI=1S/C15H21N3O2/c1-10(2)7-12(16)9-14-17-15(18-20-14)11-5-4-6-13(8-11)19-3/h4-6,8,10,12H,7,9,16H2,1-3H3. The van der Waals surface area contributed by atoms with Crippen LogP contribution in [0.2, 0.25) is 0 Å². The molecule has 0 radical (unpaired) electrons. The quantitative estimate of drug-likeness (QED) is 0.877. The maximum absolute atomic E-state index is 6.05. The summed E-state index contributed by atoms with van der Waals surface area (Å²) < 4.78 is 10.4. The van der Waals surface area contributed by atoms with Crippen molar-refractivity contribution in [2.24, 2.45) is 11.7 Å². The molecule has 5 heteroatoms. The molecule has 2 rings (SSSR count). The van der Waals surface area contributed by atoms with Gasteiger partial charge in [0.25, 0.3) is 0 Å². The first-order chi connectivity index (χ1) is 9.58. The first kappa shape index (κ1) is 14.5. The van der Waals surface area contributed by atoms with Crippen molar-refractivity contribution >= 4 is 0 Å². The van der Waals surface area contributed by atoms with E-state index in [1.54, 1.807) is 7.11 Å². The Bertz CT molecular complexity index is 552. The number of aromatic nitrogens is 2. The molecule has 1 unspecified atom stereocenters. The smallest absolute Gasteiger partial charge is 0.228 e. The summed E-state index contributed by atoms with van der Waals surface area (Å²) in [5.74, 6) is 2.47. The Kier molecular flexibility index (Phi) is 4.74. The number of nitrogens with two attached hydrogens (primary N) is 1. The van der Waals surface area contributed by atoms with Crippen LogP contribution in [0.5, 0.6) is 5.75 Å². The predicted octanol–water partition coefficient (Wildman–Crippen LogP) is 2.66. The third-order valence-electron chi connectivity index (χ3n) is 3.01. The number of benzene rings is 1. The Hall–Kier alpha value is -1.88. The summed E-state index contributed by atoms with van der Waals surface area (Å²) in [5.41, 5.74) is 6.92. The Labute approximate surface area is 119 Å². The molecule has 108 valence electrons. The minimum atomic E-state index is 0.0496. The zero-order valence-corrected chi connectivity index (χ0v) is 12.2. The largest absolute Gasteiger partial charge is 0.497 e.